The lowest BCUT2D eigenvalue weighted by Crippen LogP contribution is -2.07. The lowest BCUT2D eigenvalue weighted by molar-refractivity contribution is 1.13. The van der Waals surface area contributed by atoms with Crippen LogP contribution in [0.4, 0.5) is 5.69 Å². The van der Waals surface area contributed by atoms with Crippen LogP contribution in [0.1, 0.15) is 0 Å². The number of nitrogens with zero attached hydrogens (tertiary/aromatic N) is 2. The highest BCUT2D eigenvalue weighted by atomic mass is 15.1. The van der Waals surface area contributed by atoms with Crippen LogP contribution in [0, 0.1) is 0 Å². The molecule has 1 N–H and O–H groups in total. The Bertz CT molecular complexity index is 949. The third-order valence-electron chi connectivity index (χ3n) is 4.07. The second kappa shape index (κ2) is 4.88. The molecule has 4 aromatic rings. The molecule has 108 valence electrons. The molecule has 3 nitrogen and oxygen atoms in total. The molecule has 4 rings (SSSR count). The predicted molar refractivity (Wildman–Crippen MR) is 93.4 cm³/mol. The molecule has 0 radical (unpaired) electrons. The average Bonchev–Trinajstić information content (AvgIpc) is 3.04. The Morgan fingerprint density at radius 2 is 1.64 bits per heavy atom. The van der Waals surface area contributed by atoms with Crippen LogP contribution in [0.15, 0.2) is 60.8 Å². The van der Waals surface area contributed by atoms with Crippen molar-refractivity contribution in [2.75, 3.05) is 19.0 Å². The molecule has 2 aromatic carbocycles. The Balaban J connectivity index is 1.98. The first-order chi connectivity index (χ1) is 10.7. The smallest absolute Gasteiger partial charge is 0.0950 e. The van der Waals surface area contributed by atoms with Crippen molar-refractivity contribution < 1.29 is 0 Å². The summed E-state index contributed by atoms with van der Waals surface area (Å²) in [6, 6.07) is 18.9. The van der Waals surface area contributed by atoms with E-state index in [2.05, 4.69) is 58.4 Å². The number of anilines is 1. The summed E-state index contributed by atoms with van der Waals surface area (Å²) in [6.07, 6.45) is 1.98. The summed E-state index contributed by atoms with van der Waals surface area (Å²) in [4.78, 5) is 10.3. The number of hydrogen-bond donors (Lipinski definition) is 1. The highest BCUT2D eigenvalue weighted by Gasteiger charge is 2.11. The van der Waals surface area contributed by atoms with E-state index < -0.39 is 0 Å². The van der Waals surface area contributed by atoms with Crippen molar-refractivity contribution in [1.82, 2.24) is 9.97 Å². The third kappa shape index (κ3) is 1.94. The van der Waals surface area contributed by atoms with Crippen LogP contribution in [-0.2, 0) is 0 Å². The number of para-hydroxylation sites is 1. The van der Waals surface area contributed by atoms with Gasteiger partial charge >= 0.3 is 0 Å². The minimum atomic E-state index is 1.00. The number of hydrogen-bond acceptors (Lipinski definition) is 2. The van der Waals surface area contributed by atoms with Gasteiger partial charge in [0.1, 0.15) is 0 Å². The van der Waals surface area contributed by atoms with Gasteiger partial charge in [-0.2, -0.15) is 0 Å². The molecular formula is C19H17N3. The summed E-state index contributed by atoms with van der Waals surface area (Å²) in [5.41, 5.74) is 5.44. The van der Waals surface area contributed by atoms with Crippen molar-refractivity contribution in [3.05, 3.63) is 60.8 Å². The lowest BCUT2D eigenvalue weighted by atomic mass is 10.0. The number of benzene rings is 2. The maximum Gasteiger partial charge on any atom is 0.0950 e. The molecule has 0 spiro atoms. The number of H-pyrrole nitrogens is 1. The molecule has 22 heavy (non-hydrogen) atoms. The van der Waals surface area contributed by atoms with Gasteiger partial charge in [0.05, 0.1) is 16.7 Å². The van der Waals surface area contributed by atoms with Crippen molar-refractivity contribution in [2.24, 2.45) is 0 Å². The summed E-state index contributed by atoms with van der Waals surface area (Å²) < 4.78 is 0. The molecule has 0 fully saturated rings. The van der Waals surface area contributed by atoms with Gasteiger partial charge in [-0.25, -0.2) is 4.98 Å². The van der Waals surface area contributed by atoms with E-state index in [1.165, 1.54) is 16.5 Å². The number of fused-ring (bicyclic) bond motifs is 3. The molecule has 0 saturated carbocycles. The van der Waals surface area contributed by atoms with Crippen LogP contribution >= 0.6 is 0 Å². The second-order valence-electron chi connectivity index (χ2n) is 5.69. The Labute approximate surface area is 129 Å². The molecule has 0 amide bonds. The molecule has 2 heterocycles. The number of nitrogens with one attached hydrogen (secondary N) is 1. The molecular weight excluding hydrogens is 270 g/mol. The lowest BCUT2D eigenvalue weighted by Gasteiger charge is -2.13. The fourth-order valence-corrected chi connectivity index (χ4v) is 2.89. The molecule has 0 aliphatic carbocycles. The summed E-state index contributed by atoms with van der Waals surface area (Å²) >= 11 is 0. The highest BCUT2D eigenvalue weighted by molar-refractivity contribution is 6.09. The first-order valence-corrected chi connectivity index (χ1v) is 7.37. The maximum atomic E-state index is 4.88. The summed E-state index contributed by atoms with van der Waals surface area (Å²) in [6.45, 7) is 0. The van der Waals surface area contributed by atoms with Crippen molar-refractivity contribution in [3.8, 4) is 11.3 Å². The molecule has 0 saturated heterocycles. The molecule has 2 aromatic heterocycles. The predicted octanol–water partition coefficient (Wildman–Crippen LogP) is 4.45. The minimum absolute atomic E-state index is 1.00. The van der Waals surface area contributed by atoms with Crippen LogP contribution in [0.25, 0.3) is 33.1 Å². The summed E-state index contributed by atoms with van der Waals surface area (Å²) in [5.74, 6) is 0. The minimum Gasteiger partial charge on any atom is -0.378 e. The fraction of sp³-hybridized carbons (Fsp3) is 0.105. The zero-order valence-corrected chi connectivity index (χ0v) is 12.7. The zero-order chi connectivity index (χ0) is 15.1. The number of rotatable bonds is 2. The first kappa shape index (κ1) is 12.9. The van der Waals surface area contributed by atoms with E-state index >= 15 is 0 Å². The normalized spacial score (nSPS) is 11.2. The average molecular weight is 287 g/mol. The van der Waals surface area contributed by atoms with Gasteiger partial charge in [-0.05, 0) is 24.3 Å². The quantitative estimate of drug-likeness (QED) is 0.590. The first-order valence-electron chi connectivity index (χ1n) is 7.37. The van der Waals surface area contributed by atoms with Crippen molar-refractivity contribution in [1.29, 1.82) is 0 Å². The SMILES string of the molecule is CN(C)c1ccc(-c2nc3ccccc3c3cc[nH]c23)cc1. The van der Waals surface area contributed by atoms with Gasteiger partial charge in [0.2, 0.25) is 0 Å². The van der Waals surface area contributed by atoms with Crippen LogP contribution < -0.4 is 4.90 Å². The van der Waals surface area contributed by atoms with Crippen LogP contribution in [-0.4, -0.2) is 24.1 Å². The number of aromatic nitrogens is 2. The molecule has 0 aliphatic rings. The van der Waals surface area contributed by atoms with Gasteiger partial charge in [0.25, 0.3) is 0 Å². The van der Waals surface area contributed by atoms with E-state index in [1.54, 1.807) is 0 Å². The van der Waals surface area contributed by atoms with Crippen molar-refractivity contribution in [2.45, 2.75) is 0 Å². The van der Waals surface area contributed by atoms with E-state index in [0.717, 1.165) is 22.3 Å². The van der Waals surface area contributed by atoms with E-state index in [4.69, 9.17) is 4.98 Å². The van der Waals surface area contributed by atoms with Crippen LogP contribution in [0.5, 0.6) is 0 Å². The van der Waals surface area contributed by atoms with Gasteiger partial charge < -0.3 is 9.88 Å². The largest absolute Gasteiger partial charge is 0.378 e. The van der Waals surface area contributed by atoms with Crippen LogP contribution in [0.2, 0.25) is 0 Å². The molecule has 0 atom stereocenters. The van der Waals surface area contributed by atoms with Gasteiger partial charge in [0.15, 0.2) is 0 Å². The third-order valence-corrected chi connectivity index (χ3v) is 4.07. The Morgan fingerprint density at radius 1 is 0.864 bits per heavy atom. The van der Waals surface area contributed by atoms with Gasteiger partial charge in [-0.1, -0.05) is 30.3 Å². The fourth-order valence-electron chi connectivity index (χ4n) is 2.89. The molecule has 3 heteroatoms. The van der Waals surface area contributed by atoms with Gasteiger partial charge in [-0.3, -0.25) is 0 Å². The second-order valence-corrected chi connectivity index (χ2v) is 5.69. The van der Waals surface area contributed by atoms with E-state index in [1.807, 2.05) is 26.4 Å². The Hall–Kier alpha value is -2.81. The zero-order valence-electron chi connectivity index (χ0n) is 12.7. The Kier molecular flexibility index (Phi) is 2.86. The Morgan fingerprint density at radius 3 is 2.41 bits per heavy atom. The molecule has 0 aliphatic heterocycles. The monoisotopic (exact) mass is 287 g/mol. The van der Waals surface area contributed by atoms with Crippen molar-refractivity contribution >= 4 is 27.5 Å². The van der Waals surface area contributed by atoms with Gasteiger partial charge in [0, 0.05) is 42.3 Å². The van der Waals surface area contributed by atoms with E-state index in [-0.39, 0.29) is 0 Å². The summed E-state index contributed by atoms with van der Waals surface area (Å²) in [7, 11) is 4.10. The highest BCUT2D eigenvalue weighted by Crippen LogP contribution is 2.32. The van der Waals surface area contributed by atoms with Crippen molar-refractivity contribution in [3.63, 3.8) is 0 Å². The topological polar surface area (TPSA) is 31.9 Å². The van der Waals surface area contributed by atoms with Crippen LogP contribution in [0.3, 0.4) is 0 Å². The van der Waals surface area contributed by atoms with E-state index in [9.17, 15) is 0 Å². The van der Waals surface area contributed by atoms with Gasteiger partial charge in [-0.15, -0.1) is 0 Å². The summed E-state index contributed by atoms with van der Waals surface area (Å²) in [5, 5.41) is 2.41. The van der Waals surface area contributed by atoms with E-state index in [0.29, 0.717) is 0 Å². The molecule has 0 bridgehead atoms. The standard InChI is InChI=1S/C19H17N3/c1-22(2)14-9-7-13(8-10-14)18-19-16(11-12-20-19)15-5-3-4-6-17(15)21-18/h3-12,20H,1-2H3. The molecule has 0 unspecified atom stereocenters. The number of pyridine rings is 1. The number of aromatic amines is 1. The maximum absolute atomic E-state index is 4.88.